The molecule has 0 N–H and O–H groups in total. The van der Waals surface area contributed by atoms with E-state index in [1.165, 1.54) is 12.0 Å². The molecule has 0 saturated carbocycles. The summed E-state index contributed by atoms with van der Waals surface area (Å²) in [5.74, 6) is 1.69. The molecule has 0 bridgehead atoms. The summed E-state index contributed by atoms with van der Waals surface area (Å²) in [6.07, 6.45) is 8.36. The Balaban J connectivity index is 1.67. The first kappa shape index (κ1) is 16.3. The summed E-state index contributed by atoms with van der Waals surface area (Å²) >= 11 is 0. The van der Waals surface area contributed by atoms with Gasteiger partial charge in [0.05, 0.1) is 5.57 Å². The highest BCUT2D eigenvalue weighted by atomic mass is 15.3. The van der Waals surface area contributed by atoms with Crippen molar-refractivity contribution in [3.05, 3.63) is 71.6 Å². The van der Waals surface area contributed by atoms with Crippen molar-refractivity contribution in [2.45, 2.75) is 38.8 Å². The van der Waals surface area contributed by atoms with Crippen molar-refractivity contribution >= 4 is 11.6 Å². The van der Waals surface area contributed by atoms with Gasteiger partial charge in [-0.3, -0.25) is 0 Å². The highest BCUT2D eigenvalue weighted by Crippen LogP contribution is 2.22. The monoisotopic (exact) mass is 343 g/mol. The van der Waals surface area contributed by atoms with Gasteiger partial charge in [0.2, 0.25) is 0 Å². The van der Waals surface area contributed by atoms with E-state index in [0.717, 1.165) is 43.9 Å². The third-order valence-corrected chi connectivity index (χ3v) is 4.82. The fourth-order valence-electron chi connectivity index (χ4n) is 3.46. The molecule has 5 nitrogen and oxygen atoms in total. The maximum absolute atomic E-state index is 9.74. The van der Waals surface area contributed by atoms with E-state index in [9.17, 15) is 5.26 Å². The maximum atomic E-state index is 9.74. The number of rotatable bonds is 4. The molecule has 0 radical (unpaired) electrons. The lowest BCUT2D eigenvalue weighted by Gasteiger charge is -2.08. The Labute approximate surface area is 153 Å². The van der Waals surface area contributed by atoms with Crippen LogP contribution in [0, 0.1) is 11.3 Å². The first-order valence-electron chi connectivity index (χ1n) is 9.08. The van der Waals surface area contributed by atoms with Crippen molar-refractivity contribution in [3.8, 4) is 6.07 Å². The van der Waals surface area contributed by atoms with Crippen molar-refractivity contribution in [2.24, 2.45) is 0 Å². The minimum absolute atomic E-state index is 0.568. The minimum atomic E-state index is 0.568. The molecular weight excluding hydrogens is 322 g/mol. The molecule has 3 heterocycles. The molecule has 1 aliphatic rings. The Morgan fingerprint density at radius 3 is 2.81 bits per heavy atom. The summed E-state index contributed by atoms with van der Waals surface area (Å²) in [7, 11) is 0. The summed E-state index contributed by atoms with van der Waals surface area (Å²) in [6.45, 7) is 1.66. The third kappa shape index (κ3) is 3.31. The molecular formula is C21H21N5. The smallest absolute Gasteiger partial charge is 0.174 e. The maximum Gasteiger partial charge on any atom is 0.174 e. The predicted octanol–water partition coefficient (Wildman–Crippen LogP) is 3.92. The lowest BCUT2D eigenvalue weighted by Crippen LogP contribution is -2.05. The molecule has 3 aromatic rings. The number of hydrogen-bond acceptors (Lipinski definition) is 3. The Morgan fingerprint density at radius 2 is 1.96 bits per heavy atom. The van der Waals surface area contributed by atoms with Crippen LogP contribution in [0.1, 0.15) is 42.2 Å². The summed E-state index contributed by atoms with van der Waals surface area (Å²) in [5, 5.41) is 18.4. The largest absolute Gasteiger partial charge is 0.344 e. The molecule has 4 rings (SSSR count). The molecule has 130 valence electrons. The Bertz CT molecular complexity index is 956. The Hall–Kier alpha value is -3.13. The number of allylic oxidation sites excluding steroid dienone is 1. The fourth-order valence-corrected chi connectivity index (χ4v) is 3.46. The molecule has 1 aliphatic heterocycles. The van der Waals surface area contributed by atoms with Gasteiger partial charge in [0.25, 0.3) is 0 Å². The summed E-state index contributed by atoms with van der Waals surface area (Å²) < 4.78 is 4.26. The molecule has 0 aliphatic carbocycles. The van der Waals surface area contributed by atoms with Gasteiger partial charge in [-0.15, -0.1) is 10.2 Å². The molecule has 1 aromatic carbocycles. The van der Waals surface area contributed by atoms with E-state index in [-0.39, 0.29) is 0 Å². The van der Waals surface area contributed by atoms with E-state index in [1.54, 1.807) is 0 Å². The summed E-state index contributed by atoms with van der Waals surface area (Å²) in [4.78, 5) is 0. The van der Waals surface area contributed by atoms with E-state index in [0.29, 0.717) is 11.4 Å². The van der Waals surface area contributed by atoms with Crippen LogP contribution in [-0.4, -0.2) is 19.3 Å². The van der Waals surface area contributed by atoms with Gasteiger partial charge in [-0.2, -0.15) is 5.26 Å². The number of nitriles is 1. The molecule has 0 saturated heterocycles. The van der Waals surface area contributed by atoms with E-state index >= 15 is 0 Å². The average Bonchev–Trinajstić information content (AvgIpc) is 3.20. The highest BCUT2D eigenvalue weighted by molar-refractivity contribution is 5.86. The zero-order chi connectivity index (χ0) is 17.8. The van der Waals surface area contributed by atoms with Gasteiger partial charge in [0, 0.05) is 31.4 Å². The van der Waals surface area contributed by atoms with Gasteiger partial charge in [-0.25, -0.2) is 0 Å². The van der Waals surface area contributed by atoms with Crippen molar-refractivity contribution in [1.82, 2.24) is 19.3 Å². The van der Waals surface area contributed by atoms with Crippen LogP contribution in [0.25, 0.3) is 11.6 Å². The second-order valence-corrected chi connectivity index (χ2v) is 6.62. The standard InChI is InChI=1S/C21H21N5/c22-15-18(21-24-23-20-11-5-2-6-13-26(20)21)14-19-10-7-12-25(19)16-17-8-3-1-4-9-17/h1,3-4,7-10,12,14H,2,5-6,11,13,16H2/b18-14-. The summed E-state index contributed by atoms with van der Waals surface area (Å²) in [5.41, 5.74) is 2.79. The first-order valence-corrected chi connectivity index (χ1v) is 9.08. The van der Waals surface area contributed by atoms with Crippen LogP contribution < -0.4 is 0 Å². The van der Waals surface area contributed by atoms with Gasteiger partial charge < -0.3 is 9.13 Å². The molecule has 0 amide bonds. The molecule has 0 unspecified atom stereocenters. The Kier molecular flexibility index (Phi) is 4.65. The predicted molar refractivity (Wildman–Crippen MR) is 101 cm³/mol. The number of aryl methyl sites for hydroxylation is 1. The second kappa shape index (κ2) is 7.40. The van der Waals surface area contributed by atoms with Crippen LogP contribution in [-0.2, 0) is 19.5 Å². The van der Waals surface area contributed by atoms with Crippen molar-refractivity contribution < 1.29 is 0 Å². The molecule has 5 heteroatoms. The number of benzene rings is 1. The van der Waals surface area contributed by atoms with Crippen LogP contribution in [0.4, 0.5) is 0 Å². The zero-order valence-corrected chi connectivity index (χ0v) is 14.7. The van der Waals surface area contributed by atoms with Crippen molar-refractivity contribution in [3.63, 3.8) is 0 Å². The number of aromatic nitrogens is 4. The quantitative estimate of drug-likeness (QED) is 0.675. The van der Waals surface area contributed by atoms with Crippen LogP contribution in [0.5, 0.6) is 0 Å². The second-order valence-electron chi connectivity index (χ2n) is 6.62. The highest BCUT2D eigenvalue weighted by Gasteiger charge is 2.18. The number of hydrogen-bond donors (Lipinski definition) is 0. The van der Waals surface area contributed by atoms with Crippen LogP contribution >= 0.6 is 0 Å². The molecule has 2 aromatic heterocycles. The van der Waals surface area contributed by atoms with Crippen LogP contribution in [0.15, 0.2) is 48.7 Å². The van der Waals surface area contributed by atoms with E-state index in [1.807, 2.05) is 42.6 Å². The topological polar surface area (TPSA) is 59.4 Å². The minimum Gasteiger partial charge on any atom is -0.344 e. The molecule has 0 fully saturated rings. The van der Waals surface area contributed by atoms with E-state index < -0.39 is 0 Å². The van der Waals surface area contributed by atoms with Crippen molar-refractivity contribution in [1.29, 1.82) is 5.26 Å². The summed E-state index contributed by atoms with van der Waals surface area (Å²) in [6, 6.07) is 16.7. The first-order chi connectivity index (χ1) is 12.8. The number of fused-ring (bicyclic) bond motifs is 1. The van der Waals surface area contributed by atoms with Gasteiger partial charge in [-0.1, -0.05) is 36.8 Å². The van der Waals surface area contributed by atoms with Gasteiger partial charge in [0.15, 0.2) is 5.82 Å². The molecule has 0 atom stereocenters. The SMILES string of the molecule is N#C/C(=C/c1cccn1Cc1ccccc1)c1nnc2n1CCCCC2. The average molecular weight is 343 g/mol. The Morgan fingerprint density at radius 1 is 1.08 bits per heavy atom. The molecule has 0 spiro atoms. The van der Waals surface area contributed by atoms with E-state index in [2.05, 4.69) is 37.5 Å². The lowest BCUT2D eigenvalue weighted by atomic mass is 10.2. The lowest BCUT2D eigenvalue weighted by molar-refractivity contribution is 0.627. The van der Waals surface area contributed by atoms with Gasteiger partial charge >= 0.3 is 0 Å². The zero-order valence-electron chi connectivity index (χ0n) is 14.7. The van der Waals surface area contributed by atoms with Crippen LogP contribution in [0.2, 0.25) is 0 Å². The van der Waals surface area contributed by atoms with Crippen LogP contribution in [0.3, 0.4) is 0 Å². The normalized spacial score (nSPS) is 14.5. The van der Waals surface area contributed by atoms with Crippen molar-refractivity contribution in [2.75, 3.05) is 0 Å². The number of nitrogens with zero attached hydrogens (tertiary/aromatic N) is 5. The van der Waals surface area contributed by atoms with Gasteiger partial charge in [-0.05, 0) is 36.6 Å². The third-order valence-electron chi connectivity index (χ3n) is 4.82. The molecule has 26 heavy (non-hydrogen) atoms. The fraction of sp³-hybridized carbons (Fsp3) is 0.286. The van der Waals surface area contributed by atoms with E-state index in [4.69, 9.17) is 0 Å². The van der Waals surface area contributed by atoms with Gasteiger partial charge in [0.1, 0.15) is 11.9 Å².